The number of hydrogen-bond donors (Lipinski definition) is 1. The summed E-state index contributed by atoms with van der Waals surface area (Å²) in [7, 11) is 0. The first-order valence-electron chi connectivity index (χ1n) is 6.17. The largest absolute Gasteiger partial charge is 0.343 e. The minimum Gasteiger partial charge on any atom is -0.343 e. The summed E-state index contributed by atoms with van der Waals surface area (Å²) < 4.78 is 0. The van der Waals surface area contributed by atoms with Crippen molar-refractivity contribution in [2.75, 3.05) is 19.6 Å². The number of carbonyl (C=O) groups is 1. The van der Waals surface area contributed by atoms with E-state index in [1.807, 2.05) is 11.8 Å². The zero-order valence-electron chi connectivity index (χ0n) is 10.9. The van der Waals surface area contributed by atoms with Crippen LogP contribution in [0.4, 0.5) is 0 Å². The van der Waals surface area contributed by atoms with Gasteiger partial charge in [0.25, 0.3) is 0 Å². The molecule has 98 valence electrons. The van der Waals surface area contributed by atoms with Crippen molar-refractivity contribution in [3.05, 3.63) is 0 Å². The molecule has 2 N–H and O–H groups in total. The summed E-state index contributed by atoms with van der Waals surface area (Å²) in [6.45, 7) is 8.75. The molecule has 0 saturated carbocycles. The van der Waals surface area contributed by atoms with Crippen molar-refractivity contribution < 1.29 is 4.79 Å². The van der Waals surface area contributed by atoms with Gasteiger partial charge in [-0.3, -0.25) is 4.79 Å². The third-order valence-electron chi connectivity index (χ3n) is 2.96. The fraction of sp³-hybridized carbons (Fsp3) is 0.917. The number of carbonyl (C=O) groups excluding carboxylic acids is 1. The summed E-state index contributed by atoms with van der Waals surface area (Å²) in [6.07, 6.45) is 3.71. The van der Waals surface area contributed by atoms with Crippen molar-refractivity contribution in [3.8, 4) is 0 Å². The number of amides is 1. The van der Waals surface area contributed by atoms with E-state index in [4.69, 9.17) is 5.73 Å². The molecule has 16 heavy (non-hydrogen) atoms. The van der Waals surface area contributed by atoms with Crippen LogP contribution in [0.1, 0.15) is 46.5 Å². The standard InChI is InChI=1S/C12H26N2O.ClH/c1-4-11(5-2)10-14(6-3)12(15)8-7-9-13;/h11H,4-10,13H2,1-3H3;1H. The monoisotopic (exact) mass is 250 g/mol. The first kappa shape index (κ1) is 18.1. The quantitative estimate of drug-likeness (QED) is 0.719. The SMILES string of the molecule is CCC(CC)CN(CC)C(=O)CCCN.Cl. The molecule has 0 fully saturated rings. The first-order chi connectivity index (χ1) is 7.19. The Balaban J connectivity index is 0. The highest BCUT2D eigenvalue weighted by molar-refractivity contribution is 5.85. The number of hydrogen-bond acceptors (Lipinski definition) is 2. The molecule has 0 saturated heterocycles. The minimum absolute atomic E-state index is 0. The number of nitrogens with two attached hydrogens (primary N) is 1. The Bertz CT molecular complexity index is 172. The van der Waals surface area contributed by atoms with Gasteiger partial charge >= 0.3 is 0 Å². The Morgan fingerprint density at radius 3 is 2.19 bits per heavy atom. The van der Waals surface area contributed by atoms with E-state index in [1.54, 1.807) is 0 Å². The van der Waals surface area contributed by atoms with Gasteiger partial charge in [-0.15, -0.1) is 12.4 Å². The maximum absolute atomic E-state index is 11.8. The van der Waals surface area contributed by atoms with Crippen LogP contribution in [0.3, 0.4) is 0 Å². The lowest BCUT2D eigenvalue weighted by atomic mass is 10.0. The highest BCUT2D eigenvalue weighted by atomic mass is 35.5. The average molecular weight is 251 g/mol. The molecule has 0 bridgehead atoms. The predicted molar refractivity (Wildman–Crippen MR) is 71.9 cm³/mol. The molecule has 0 aliphatic rings. The zero-order chi connectivity index (χ0) is 11.7. The Morgan fingerprint density at radius 1 is 1.25 bits per heavy atom. The second-order valence-electron chi connectivity index (χ2n) is 4.01. The van der Waals surface area contributed by atoms with Crippen LogP contribution in [0.15, 0.2) is 0 Å². The van der Waals surface area contributed by atoms with Gasteiger partial charge in [0, 0.05) is 19.5 Å². The van der Waals surface area contributed by atoms with Crippen LogP contribution in [0.25, 0.3) is 0 Å². The molecule has 0 aromatic heterocycles. The van der Waals surface area contributed by atoms with Crippen LogP contribution in [-0.2, 0) is 4.79 Å². The van der Waals surface area contributed by atoms with Gasteiger partial charge in [-0.1, -0.05) is 26.7 Å². The molecule has 4 heteroatoms. The van der Waals surface area contributed by atoms with E-state index in [2.05, 4.69) is 13.8 Å². The second kappa shape index (κ2) is 11.2. The van der Waals surface area contributed by atoms with Crippen molar-refractivity contribution in [1.29, 1.82) is 0 Å². The number of halogens is 1. The highest BCUT2D eigenvalue weighted by Gasteiger charge is 2.14. The van der Waals surface area contributed by atoms with Gasteiger partial charge in [-0.2, -0.15) is 0 Å². The van der Waals surface area contributed by atoms with E-state index in [9.17, 15) is 4.79 Å². The lowest BCUT2D eigenvalue weighted by Gasteiger charge is -2.25. The van der Waals surface area contributed by atoms with Crippen LogP contribution in [0, 0.1) is 5.92 Å². The predicted octanol–water partition coefficient (Wildman–Crippen LogP) is 2.43. The molecular weight excluding hydrogens is 224 g/mol. The van der Waals surface area contributed by atoms with E-state index < -0.39 is 0 Å². The van der Waals surface area contributed by atoms with Crippen LogP contribution in [-0.4, -0.2) is 30.4 Å². The Morgan fingerprint density at radius 2 is 1.81 bits per heavy atom. The maximum Gasteiger partial charge on any atom is 0.222 e. The van der Waals surface area contributed by atoms with Crippen molar-refractivity contribution in [2.24, 2.45) is 11.7 Å². The molecule has 0 spiro atoms. The topological polar surface area (TPSA) is 46.3 Å². The Kier molecular flexibility index (Phi) is 12.7. The molecule has 0 aromatic carbocycles. The smallest absolute Gasteiger partial charge is 0.222 e. The van der Waals surface area contributed by atoms with E-state index in [0.29, 0.717) is 18.9 Å². The molecule has 0 atom stereocenters. The van der Waals surface area contributed by atoms with Crippen LogP contribution >= 0.6 is 12.4 Å². The number of nitrogens with zero attached hydrogens (tertiary/aromatic N) is 1. The number of rotatable bonds is 8. The summed E-state index contributed by atoms with van der Waals surface area (Å²) >= 11 is 0. The molecule has 0 heterocycles. The molecule has 0 unspecified atom stereocenters. The van der Waals surface area contributed by atoms with Gasteiger partial charge in [0.2, 0.25) is 5.91 Å². The third kappa shape index (κ3) is 7.07. The lowest BCUT2D eigenvalue weighted by Crippen LogP contribution is -2.35. The van der Waals surface area contributed by atoms with Gasteiger partial charge in [0.1, 0.15) is 0 Å². The first-order valence-corrected chi connectivity index (χ1v) is 6.17. The van der Waals surface area contributed by atoms with Crippen LogP contribution in [0.2, 0.25) is 0 Å². The summed E-state index contributed by atoms with van der Waals surface area (Å²) in [4.78, 5) is 13.7. The van der Waals surface area contributed by atoms with Gasteiger partial charge in [-0.05, 0) is 25.8 Å². The highest BCUT2D eigenvalue weighted by Crippen LogP contribution is 2.11. The van der Waals surface area contributed by atoms with Gasteiger partial charge in [0.15, 0.2) is 0 Å². The molecule has 0 aliphatic heterocycles. The average Bonchev–Trinajstić information content (AvgIpc) is 2.27. The fourth-order valence-corrected chi connectivity index (χ4v) is 1.68. The molecule has 3 nitrogen and oxygen atoms in total. The zero-order valence-corrected chi connectivity index (χ0v) is 11.7. The lowest BCUT2D eigenvalue weighted by molar-refractivity contribution is -0.131. The molecule has 0 rings (SSSR count). The summed E-state index contributed by atoms with van der Waals surface area (Å²) in [6, 6.07) is 0. The fourth-order valence-electron chi connectivity index (χ4n) is 1.68. The summed E-state index contributed by atoms with van der Waals surface area (Å²) in [5.74, 6) is 0.904. The Labute approximate surface area is 106 Å². The molecule has 0 radical (unpaired) electrons. The van der Waals surface area contributed by atoms with E-state index in [1.165, 1.54) is 0 Å². The molecular formula is C12H27ClN2O. The molecule has 1 amide bonds. The summed E-state index contributed by atoms with van der Waals surface area (Å²) in [5.41, 5.74) is 5.40. The van der Waals surface area contributed by atoms with Crippen molar-refractivity contribution in [2.45, 2.75) is 46.5 Å². The van der Waals surface area contributed by atoms with Gasteiger partial charge < -0.3 is 10.6 Å². The van der Waals surface area contributed by atoms with Crippen molar-refractivity contribution in [3.63, 3.8) is 0 Å². The van der Waals surface area contributed by atoms with E-state index in [0.717, 1.165) is 32.4 Å². The van der Waals surface area contributed by atoms with Gasteiger partial charge in [0.05, 0.1) is 0 Å². The molecule has 0 aliphatic carbocycles. The minimum atomic E-state index is 0. The van der Waals surface area contributed by atoms with Crippen LogP contribution < -0.4 is 5.73 Å². The van der Waals surface area contributed by atoms with Crippen molar-refractivity contribution in [1.82, 2.24) is 4.90 Å². The van der Waals surface area contributed by atoms with Crippen molar-refractivity contribution >= 4 is 18.3 Å². The summed E-state index contributed by atoms with van der Waals surface area (Å²) in [5, 5.41) is 0. The van der Waals surface area contributed by atoms with E-state index in [-0.39, 0.29) is 18.3 Å². The second-order valence-corrected chi connectivity index (χ2v) is 4.01. The van der Waals surface area contributed by atoms with Gasteiger partial charge in [-0.25, -0.2) is 0 Å². The third-order valence-corrected chi connectivity index (χ3v) is 2.96. The van der Waals surface area contributed by atoms with Crippen LogP contribution in [0.5, 0.6) is 0 Å². The maximum atomic E-state index is 11.8. The Hall–Kier alpha value is -0.280. The van der Waals surface area contributed by atoms with E-state index >= 15 is 0 Å². The normalized spacial score (nSPS) is 10.1. The molecule has 0 aromatic rings.